The average molecular weight is 518 g/mol. The van der Waals surface area contributed by atoms with Crippen molar-refractivity contribution in [3.8, 4) is 17.0 Å². The van der Waals surface area contributed by atoms with Gasteiger partial charge >= 0.3 is 0 Å². The molecule has 3 atom stereocenters. The molecular weight excluding hydrogens is 485 g/mol. The number of aromatic nitrogens is 3. The van der Waals surface area contributed by atoms with Gasteiger partial charge < -0.3 is 14.6 Å². The van der Waals surface area contributed by atoms with E-state index in [9.17, 15) is 9.50 Å². The molecule has 9 heteroatoms. The fourth-order valence-corrected chi connectivity index (χ4v) is 5.13. The van der Waals surface area contributed by atoms with Crippen molar-refractivity contribution in [2.45, 2.75) is 38.3 Å². The number of benzene rings is 2. The molecule has 2 aromatic carbocycles. The number of aliphatic hydroxyl groups is 1. The van der Waals surface area contributed by atoms with Crippen LogP contribution in [0.25, 0.3) is 22.2 Å². The number of fused-ring (bicyclic) bond motifs is 1. The average Bonchev–Trinajstić information content (AvgIpc) is 3.35. The molecule has 3 heterocycles. The molecule has 0 radical (unpaired) electrons. The lowest BCUT2D eigenvalue weighted by atomic mass is 10.0. The number of aliphatic hydroxyl groups excluding tert-OH is 1. The van der Waals surface area contributed by atoms with Gasteiger partial charge in [-0.25, -0.2) is 4.39 Å². The van der Waals surface area contributed by atoms with Crippen molar-refractivity contribution in [3.05, 3.63) is 90.2 Å². The minimum Gasteiger partial charge on any atom is -0.465 e. The molecule has 4 aromatic rings. The second-order valence-corrected chi connectivity index (χ2v) is 9.49. The zero-order valence-electron chi connectivity index (χ0n) is 21.5. The number of ether oxygens (including phenoxy) is 2. The van der Waals surface area contributed by atoms with Gasteiger partial charge in [0.05, 0.1) is 17.3 Å². The summed E-state index contributed by atoms with van der Waals surface area (Å²) in [6, 6.07) is 14.6. The summed E-state index contributed by atoms with van der Waals surface area (Å²) in [6.07, 6.45) is 3.22. The number of rotatable bonds is 9. The normalized spacial score (nSPS) is 17.8. The molecule has 0 amide bonds. The minimum atomic E-state index is -1.15. The number of H-pyrrole nitrogens is 1. The van der Waals surface area contributed by atoms with Crippen molar-refractivity contribution < 1.29 is 19.0 Å². The molecule has 5 rings (SSSR count). The lowest BCUT2D eigenvalue weighted by Gasteiger charge is -2.38. The van der Waals surface area contributed by atoms with Crippen molar-refractivity contribution in [1.82, 2.24) is 25.4 Å². The van der Waals surface area contributed by atoms with Gasteiger partial charge in [0, 0.05) is 49.1 Å². The van der Waals surface area contributed by atoms with E-state index < -0.39 is 12.0 Å². The van der Waals surface area contributed by atoms with Crippen LogP contribution >= 0.6 is 0 Å². The van der Waals surface area contributed by atoms with Gasteiger partial charge in [-0.05, 0) is 61.7 Å². The molecule has 0 spiro atoms. The Morgan fingerprint density at radius 2 is 2.13 bits per heavy atom. The first-order valence-corrected chi connectivity index (χ1v) is 12.7. The predicted molar refractivity (Wildman–Crippen MR) is 144 cm³/mol. The number of hydrogen-bond acceptors (Lipinski definition) is 7. The van der Waals surface area contributed by atoms with E-state index in [1.54, 1.807) is 25.4 Å². The van der Waals surface area contributed by atoms with E-state index in [0.717, 1.165) is 46.3 Å². The Labute approximate surface area is 221 Å². The molecule has 1 saturated heterocycles. The fraction of sp³-hybridized carbons (Fsp3) is 0.310. The van der Waals surface area contributed by atoms with Crippen LogP contribution in [0, 0.1) is 12.7 Å². The second kappa shape index (κ2) is 11.4. The maximum atomic E-state index is 14.7. The smallest absolute Gasteiger partial charge is 0.140 e. The third-order valence-corrected chi connectivity index (χ3v) is 6.96. The summed E-state index contributed by atoms with van der Waals surface area (Å²) in [5.41, 5.74) is 4.78. The van der Waals surface area contributed by atoms with Gasteiger partial charge in [0.15, 0.2) is 0 Å². The highest BCUT2D eigenvalue weighted by atomic mass is 19.1. The highest BCUT2D eigenvalue weighted by Gasteiger charge is 2.30. The van der Waals surface area contributed by atoms with Crippen molar-refractivity contribution >= 4 is 10.9 Å². The number of nitrogens with one attached hydrogen (secondary N) is 2. The number of pyridine rings is 1. The highest BCUT2D eigenvalue weighted by Crippen LogP contribution is 2.33. The Morgan fingerprint density at radius 1 is 1.26 bits per heavy atom. The lowest BCUT2D eigenvalue weighted by molar-refractivity contribution is -0.0309. The van der Waals surface area contributed by atoms with E-state index >= 15 is 0 Å². The van der Waals surface area contributed by atoms with Crippen molar-refractivity contribution in [2.75, 3.05) is 20.2 Å². The van der Waals surface area contributed by atoms with E-state index in [1.807, 2.05) is 36.1 Å². The van der Waals surface area contributed by atoms with Gasteiger partial charge in [0.25, 0.3) is 0 Å². The zero-order valence-corrected chi connectivity index (χ0v) is 21.5. The molecule has 2 aromatic heterocycles. The quantitative estimate of drug-likeness (QED) is 0.213. The standard InChI is InChI=1S/C29H32FN5O3/c1-4-38-25-9-5-8-23(30)26(25)29(36)35-14-6-7-21(17-35)32-28(37-3)20-10-11-24-22(16-20)27(34-33-24)19-12-13-31-18(2)15-19/h4-5,8-13,15-16,21,28-29,32,36H,1,6-7,14,17H2,2-3H3,(H,33,34). The molecule has 1 aliphatic rings. The molecule has 38 heavy (non-hydrogen) atoms. The largest absolute Gasteiger partial charge is 0.465 e. The highest BCUT2D eigenvalue weighted by molar-refractivity contribution is 5.93. The molecule has 0 saturated carbocycles. The van der Waals surface area contributed by atoms with Gasteiger partial charge in [-0.15, -0.1) is 0 Å². The molecule has 0 bridgehead atoms. The van der Waals surface area contributed by atoms with Crippen LogP contribution < -0.4 is 10.1 Å². The molecule has 3 N–H and O–H groups in total. The first kappa shape index (κ1) is 26.0. The summed E-state index contributed by atoms with van der Waals surface area (Å²) >= 11 is 0. The molecular formula is C29H32FN5O3. The van der Waals surface area contributed by atoms with E-state index in [-0.39, 0.29) is 23.6 Å². The molecule has 1 fully saturated rings. The summed E-state index contributed by atoms with van der Waals surface area (Å²) in [4.78, 5) is 6.14. The first-order valence-electron chi connectivity index (χ1n) is 12.7. The SMILES string of the molecule is C=COc1cccc(F)c1C(O)N1CCCC(NC(OC)c2ccc3[nH]nc(-c4ccnc(C)c4)c3c2)C1. The van der Waals surface area contributed by atoms with Crippen LogP contribution in [0.4, 0.5) is 4.39 Å². The molecule has 0 aliphatic carbocycles. The number of aryl methyl sites for hydroxylation is 1. The third-order valence-electron chi connectivity index (χ3n) is 6.96. The van der Waals surface area contributed by atoms with Crippen LogP contribution in [-0.4, -0.2) is 51.4 Å². The van der Waals surface area contributed by atoms with Gasteiger partial charge in [-0.3, -0.25) is 20.3 Å². The molecule has 3 unspecified atom stereocenters. The Morgan fingerprint density at radius 3 is 2.92 bits per heavy atom. The maximum Gasteiger partial charge on any atom is 0.140 e. The van der Waals surface area contributed by atoms with Crippen molar-refractivity contribution in [1.29, 1.82) is 0 Å². The van der Waals surface area contributed by atoms with Crippen LogP contribution in [-0.2, 0) is 4.74 Å². The Hall–Kier alpha value is -3.63. The van der Waals surface area contributed by atoms with Crippen LogP contribution in [0.2, 0.25) is 0 Å². The number of aromatic amines is 1. The van der Waals surface area contributed by atoms with Crippen LogP contribution in [0.1, 0.15) is 42.1 Å². The van der Waals surface area contributed by atoms with Gasteiger partial charge in [-0.1, -0.05) is 18.7 Å². The van der Waals surface area contributed by atoms with Gasteiger partial charge in [-0.2, -0.15) is 5.10 Å². The summed E-state index contributed by atoms with van der Waals surface area (Å²) < 4.78 is 25.9. The number of hydrogen-bond donors (Lipinski definition) is 3. The van der Waals surface area contributed by atoms with E-state index in [0.29, 0.717) is 13.1 Å². The maximum absolute atomic E-state index is 14.7. The summed E-state index contributed by atoms with van der Waals surface area (Å²) in [5, 5.41) is 23.3. The van der Waals surface area contributed by atoms with E-state index in [1.165, 1.54) is 12.3 Å². The zero-order chi connectivity index (χ0) is 26.6. The molecule has 198 valence electrons. The minimum absolute atomic E-state index is 0.0151. The van der Waals surface area contributed by atoms with Crippen LogP contribution in [0.15, 0.2) is 67.6 Å². The topological polar surface area (TPSA) is 95.5 Å². The van der Waals surface area contributed by atoms with E-state index in [2.05, 4.69) is 33.1 Å². The van der Waals surface area contributed by atoms with Crippen molar-refractivity contribution in [2.24, 2.45) is 0 Å². The fourth-order valence-electron chi connectivity index (χ4n) is 5.13. The third kappa shape index (κ3) is 5.32. The Balaban J connectivity index is 1.35. The first-order chi connectivity index (χ1) is 18.5. The Kier molecular flexibility index (Phi) is 7.80. The molecule has 1 aliphatic heterocycles. The van der Waals surface area contributed by atoms with E-state index in [4.69, 9.17) is 9.47 Å². The number of halogens is 1. The number of likely N-dealkylation sites (tertiary alicyclic amines) is 1. The summed E-state index contributed by atoms with van der Waals surface area (Å²) in [5.74, 6) is -0.263. The predicted octanol–water partition coefficient (Wildman–Crippen LogP) is 4.98. The van der Waals surface area contributed by atoms with Crippen LogP contribution in [0.3, 0.4) is 0 Å². The number of nitrogens with zero attached hydrogens (tertiary/aromatic N) is 3. The summed E-state index contributed by atoms with van der Waals surface area (Å²) in [6.45, 7) is 6.65. The second-order valence-electron chi connectivity index (χ2n) is 9.49. The molecule has 8 nitrogen and oxygen atoms in total. The Bertz CT molecular complexity index is 1420. The van der Waals surface area contributed by atoms with Gasteiger partial charge in [0.2, 0.25) is 0 Å². The number of methoxy groups -OCH3 is 1. The van der Waals surface area contributed by atoms with Crippen molar-refractivity contribution in [3.63, 3.8) is 0 Å². The monoisotopic (exact) mass is 517 g/mol. The summed E-state index contributed by atoms with van der Waals surface area (Å²) in [7, 11) is 1.66. The van der Waals surface area contributed by atoms with Gasteiger partial charge in [0.1, 0.15) is 29.7 Å². The lowest BCUT2D eigenvalue weighted by Crippen LogP contribution is -2.48. The number of piperidine rings is 1. The van der Waals surface area contributed by atoms with Crippen LogP contribution in [0.5, 0.6) is 5.75 Å².